The van der Waals surface area contributed by atoms with Gasteiger partial charge in [0.1, 0.15) is 5.75 Å². The molecule has 1 N–H and O–H groups in total. The van der Waals surface area contributed by atoms with Crippen molar-refractivity contribution < 1.29 is 9.53 Å². The highest BCUT2D eigenvalue weighted by molar-refractivity contribution is 5.94. The lowest BCUT2D eigenvalue weighted by atomic mass is 10.2. The van der Waals surface area contributed by atoms with Crippen LogP contribution in [0.4, 0.5) is 0 Å². The Hall–Kier alpha value is -3.14. The molecule has 0 spiro atoms. The molecule has 0 atom stereocenters. The first-order chi connectivity index (χ1) is 11.3. The van der Waals surface area contributed by atoms with E-state index in [4.69, 9.17) is 4.74 Å². The second kappa shape index (κ2) is 7.22. The van der Waals surface area contributed by atoms with E-state index in [0.717, 1.165) is 11.3 Å². The molecule has 0 fully saturated rings. The van der Waals surface area contributed by atoms with Gasteiger partial charge < -0.3 is 10.1 Å². The van der Waals surface area contributed by atoms with Crippen LogP contribution in [-0.2, 0) is 6.54 Å². The largest absolute Gasteiger partial charge is 0.439 e. The zero-order chi connectivity index (χ0) is 15.9. The van der Waals surface area contributed by atoms with Crippen molar-refractivity contribution in [2.24, 2.45) is 0 Å². The molecule has 4 nitrogen and oxygen atoms in total. The number of hydrogen-bond acceptors (Lipinski definition) is 3. The number of carbonyl (C=O) groups is 1. The summed E-state index contributed by atoms with van der Waals surface area (Å²) >= 11 is 0. The summed E-state index contributed by atoms with van der Waals surface area (Å²) in [6, 6.07) is 22.3. The minimum absolute atomic E-state index is 0.104. The zero-order valence-corrected chi connectivity index (χ0v) is 12.5. The van der Waals surface area contributed by atoms with Crippen LogP contribution < -0.4 is 10.1 Å². The summed E-state index contributed by atoms with van der Waals surface area (Å²) in [5, 5.41) is 2.88. The van der Waals surface area contributed by atoms with Crippen LogP contribution >= 0.6 is 0 Å². The molecule has 3 rings (SSSR count). The highest BCUT2D eigenvalue weighted by Crippen LogP contribution is 2.19. The van der Waals surface area contributed by atoms with E-state index >= 15 is 0 Å². The summed E-state index contributed by atoms with van der Waals surface area (Å²) in [6.07, 6.45) is 1.67. The molecule has 1 heterocycles. The van der Waals surface area contributed by atoms with E-state index in [2.05, 4.69) is 10.3 Å². The average Bonchev–Trinajstić information content (AvgIpc) is 2.62. The topological polar surface area (TPSA) is 51.2 Å². The van der Waals surface area contributed by atoms with Gasteiger partial charge in [-0.25, -0.2) is 4.98 Å². The molecule has 0 radical (unpaired) electrons. The number of nitrogens with one attached hydrogen (secondary N) is 1. The third-order valence-electron chi connectivity index (χ3n) is 3.25. The van der Waals surface area contributed by atoms with E-state index in [9.17, 15) is 4.79 Å². The van der Waals surface area contributed by atoms with Crippen LogP contribution in [0.2, 0.25) is 0 Å². The molecule has 1 amide bonds. The number of pyridine rings is 1. The Bertz CT molecular complexity index is 774. The van der Waals surface area contributed by atoms with Crippen molar-refractivity contribution in [2.45, 2.75) is 6.54 Å². The SMILES string of the molecule is O=C(NCc1ccnc(Oc2ccccc2)c1)c1ccccc1. The highest BCUT2D eigenvalue weighted by Gasteiger charge is 2.05. The number of nitrogens with zero attached hydrogens (tertiary/aromatic N) is 1. The fourth-order valence-electron chi connectivity index (χ4n) is 2.10. The van der Waals surface area contributed by atoms with E-state index < -0.39 is 0 Å². The van der Waals surface area contributed by atoms with Crippen LogP contribution in [0.15, 0.2) is 79.0 Å². The molecule has 1 aromatic heterocycles. The Kier molecular flexibility index (Phi) is 4.64. The van der Waals surface area contributed by atoms with Gasteiger partial charge in [0.2, 0.25) is 5.88 Å². The first kappa shape index (κ1) is 14.8. The second-order valence-electron chi connectivity index (χ2n) is 4.97. The predicted molar refractivity (Wildman–Crippen MR) is 88.4 cm³/mol. The van der Waals surface area contributed by atoms with Crippen molar-refractivity contribution >= 4 is 5.91 Å². The Labute approximate surface area is 134 Å². The van der Waals surface area contributed by atoms with Crippen LogP contribution in [0, 0.1) is 0 Å². The van der Waals surface area contributed by atoms with Gasteiger partial charge in [0.15, 0.2) is 0 Å². The number of aromatic nitrogens is 1. The molecule has 23 heavy (non-hydrogen) atoms. The van der Waals surface area contributed by atoms with Crippen molar-refractivity contribution in [1.29, 1.82) is 0 Å². The molecule has 0 aliphatic heterocycles. The maximum atomic E-state index is 12.0. The van der Waals surface area contributed by atoms with Gasteiger partial charge in [-0.15, -0.1) is 0 Å². The average molecular weight is 304 g/mol. The molecule has 0 bridgehead atoms. The number of rotatable bonds is 5. The first-order valence-electron chi connectivity index (χ1n) is 7.32. The number of benzene rings is 2. The zero-order valence-electron chi connectivity index (χ0n) is 12.5. The number of para-hydroxylation sites is 1. The van der Waals surface area contributed by atoms with Gasteiger partial charge in [-0.2, -0.15) is 0 Å². The molecule has 0 saturated heterocycles. The van der Waals surface area contributed by atoms with Crippen molar-refractivity contribution in [3.05, 3.63) is 90.1 Å². The quantitative estimate of drug-likeness (QED) is 0.780. The lowest BCUT2D eigenvalue weighted by molar-refractivity contribution is 0.0951. The molecule has 114 valence electrons. The maximum Gasteiger partial charge on any atom is 0.251 e. The fourth-order valence-corrected chi connectivity index (χ4v) is 2.10. The third kappa shape index (κ3) is 4.17. The lowest BCUT2D eigenvalue weighted by Crippen LogP contribution is -2.22. The van der Waals surface area contributed by atoms with Crippen LogP contribution in [0.1, 0.15) is 15.9 Å². The maximum absolute atomic E-state index is 12.0. The number of carbonyl (C=O) groups excluding carboxylic acids is 1. The van der Waals surface area contributed by atoms with Gasteiger partial charge in [0.25, 0.3) is 5.91 Å². The third-order valence-corrected chi connectivity index (χ3v) is 3.25. The summed E-state index contributed by atoms with van der Waals surface area (Å²) in [5.74, 6) is 1.13. The van der Waals surface area contributed by atoms with Crippen LogP contribution in [0.25, 0.3) is 0 Å². The van der Waals surface area contributed by atoms with E-state index in [-0.39, 0.29) is 5.91 Å². The molecule has 0 unspecified atom stereocenters. The predicted octanol–water partition coefficient (Wildman–Crippen LogP) is 3.80. The molecule has 2 aromatic carbocycles. The number of ether oxygens (including phenoxy) is 1. The van der Waals surface area contributed by atoms with Crippen molar-refractivity contribution in [2.75, 3.05) is 0 Å². The minimum Gasteiger partial charge on any atom is -0.439 e. The Balaban J connectivity index is 1.63. The summed E-state index contributed by atoms with van der Waals surface area (Å²) in [7, 11) is 0. The minimum atomic E-state index is -0.104. The smallest absolute Gasteiger partial charge is 0.251 e. The van der Waals surface area contributed by atoms with Gasteiger partial charge in [-0.1, -0.05) is 36.4 Å². The van der Waals surface area contributed by atoms with E-state index in [0.29, 0.717) is 18.0 Å². The Morgan fingerprint density at radius 3 is 2.39 bits per heavy atom. The second-order valence-corrected chi connectivity index (χ2v) is 4.97. The normalized spacial score (nSPS) is 10.1. The number of hydrogen-bond donors (Lipinski definition) is 1. The number of amides is 1. The van der Waals surface area contributed by atoms with Gasteiger partial charge in [0, 0.05) is 24.4 Å². The summed E-state index contributed by atoms with van der Waals surface area (Å²) < 4.78 is 5.69. The Morgan fingerprint density at radius 1 is 0.957 bits per heavy atom. The molecular weight excluding hydrogens is 288 g/mol. The van der Waals surface area contributed by atoms with Gasteiger partial charge in [-0.3, -0.25) is 4.79 Å². The van der Waals surface area contributed by atoms with Gasteiger partial charge in [-0.05, 0) is 35.9 Å². The molecule has 4 heteroatoms. The van der Waals surface area contributed by atoms with Crippen LogP contribution in [0.5, 0.6) is 11.6 Å². The molecule has 0 aliphatic carbocycles. The summed E-state index contributed by atoms with van der Waals surface area (Å²) in [6.45, 7) is 0.418. The van der Waals surface area contributed by atoms with Crippen LogP contribution in [-0.4, -0.2) is 10.9 Å². The van der Waals surface area contributed by atoms with E-state index in [1.165, 1.54) is 0 Å². The standard InChI is InChI=1S/C19H16N2O2/c22-19(16-7-3-1-4-8-16)21-14-15-11-12-20-18(13-15)23-17-9-5-2-6-10-17/h1-13H,14H2,(H,21,22). The molecule has 3 aromatic rings. The molecule has 0 saturated carbocycles. The lowest BCUT2D eigenvalue weighted by Gasteiger charge is -2.08. The highest BCUT2D eigenvalue weighted by atomic mass is 16.5. The monoisotopic (exact) mass is 304 g/mol. The summed E-state index contributed by atoms with van der Waals surface area (Å²) in [4.78, 5) is 16.2. The van der Waals surface area contributed by atoms with Gasteiger partial charge >= 0.3 is 0 Å². The molecular formula is C19H16N2O2. The van der Waals surface area contributed by atoms with E-state index in [1.54, 1.807) is 18.3 Å². The Morgan fingerprint density at radius 2 is 1.65 bits per heavy atom. The van der Waals surface area contributed by atoms with Crippen LogP contribution in [0.3, 0.4) is 0 Å². The summed E-state index contributed by atoms with van der Waals surface area (Å²) in [5.41, 5.74) is 1.57. The van der Waals surface area contributed by atoms with Gasteiger partial charge in [0.05, 0.1) is 0 Å². The fraction of sp³-hybridized carbons (Fsp3) is 0.0526. The van der Waals surface area contributed by atoms with Crippen molar-refractivity contribution in [3.63, 3.8) is 0 Å². The van der Waals surface area contributed by atoms with E-state index in [1.807, 2.05) is 60.7 Å². The molecule has 0 aliphatic rings. The van der Waals surface area contributed by atoms with Crippen molar-refractivity contribution in [1.82, 2.24) is 10.3 Å². The van der Waals surface area contributed by atoms with Crippen molar-refractivity contribution in [3.8, 4) is 11.6 Å². The first-order valence-corrected chi connectivity index (χ1v) is 7.32.